The maximum absolute atomic E-state index is 13.3. The second-order valence-corrected chi connectivity index (χ2v) is 8.86. The molecule has 3 aromatic heterocycles. The van der Waals surface area contributed by atoms with E-state index in [0.717, 1.165) is 22.4 Å². The lowest BCUT2D eigenvalue weighted by Gasteiger charge is -2.29. The molecule has 0 bridgehead atoms. The highest BCUT2D eigenvalue weighted by Crippen LogP contribution is 2.30. The average Bonchev–Trinajstić information content (AvgIpc) is 3.46. The summed E-state index contributed by atoms with van der Waals surface area (Å²) in [5, 5.41) is 3.06. The molecule has 12 heteroatoms. The lowest BCUT2D eigenvalue weighted by Crippen LogP contribution is -2.43. The highest BCUT2D eigenvalue weighted by atomic mass is 19.4. The maximum atomic E-state index is 13.3. The summed E-state index contributed by atoms with van der Waals surface area (Å²) in [6.07, 6.45) is -2.52. The van der Waals surface area contributed by atoms with Crippen molar-refractivity contribution in [3.63, 3.8) is 0 Å². The van der Waals surface area contributed by atoms with Gasteiger partial charge in [0.25, 0.3) is 11.5 Å². The van der Waals surface area contributed by atoms with Crippen molar-refractivity contribution in [2.24, 2.45) is 7.05 Å². The first-order valence-corrected chi connectivity index (χ1v) is 11.5. The smallest absolute Gasteiger partial charge is 0.416 e. The predicted octanol–water partition coefficient (Wildman–Crippen LogP) is 3.78. The minimum Gasteiger partial charge on any atom is -0.463 e. The molecule has 37 heavy (non-hydrogen) atoms. The molecule has 1 amide bonds. The maximum Gasteiger partial charge on any atom is 0.416 e. The predicted molar refractivity (Wildman–Crippen MR) is 128 cm³/mol. The van der Waals surface area contributed by atoms with E-state index in [1.54, 1.807) is 41.8 Å². The zero-order chi connectivity index (χ0) is 26.5. The fraction of sp³-hybridized carbons (Fsp3) is 0.320. The molecule has 4 heterocycles. The van der Waals surface area contributed by atoms with Crippen LogP contribution in [0.4, 0.5) is 19.1 Å². The monoisotopic (exact) mass is 515 g/mol. The molecule has 1 N–H and O–H groups in total. The molecule has 1 unspecified atom stereocenters. The van der Waals surface area contributed by atoms with Gasteiger partial charge in [-0.25, -0.2) is 4.98 Å². The number of alkyl halides is 3. The third-order valence-corrected chi connectivity index (χ3v) is 6.63. The molecule has 0 radical (unpaired) electrons. The summed E-state index contributed by atoms with van der Waals surface area (Å²) < 4.78 is 46.8. The molecule has 1 aromatic carbocycles. The molecular weight excluding hydrogens is 491 g/mol. The van der Waals surface area contributed by atoms with E-state index in [0.29, 0.717) is 41.1 Å². The highest BCUT2D eigenvalue weighted by Gasteiger charge is 2.31. The summed E-state index contributed by atoms with van der Waals surface area (Å²) in [5.41, 5.74) is 2.08. The summed E-state index contributed by atoms with van der Waals surface area (Å²) in [6, 6.07) is 7.74. The number of halogens is 3. The number of rotatable bonds is 5. The van der Waals surface area contributed by atoms with Crippen LogP contribution in [0.5, 0.6) is 0 Å². The standard InChI is InChI=1S/C25H24F3N5O4/c1-14(15-4-6-16(7-5-15)25(26,27)28)29-24-30-18-8-10-32(13-17(18)22(34)33(24)36-3)23(35)20-12-21-19(31(20)2)9-11-37-21/h4-7,9,11-12,14H,8,10,13H2,1-3H3,(H,29,30). The molecular formula is C25H24F3N5O4. The Bertz CT molecular complexity index is 1530. The number of anilines is 1. The Morgan fingerprint density at radius 1 is 1.22 bits per heavy atom. The van der Waals surface area contributed by atoms with E-state index >= 15 is 0 Å². The van der Waals surface area contributed by atoms with Gasteiger partial charge < -0.3 is 24.0 Å². The Morgan fingerprint density at radius 3 is 2.59 bits per heavy atom. The number of hydrogen-bond acceptors (Lipinski definition) is 6. The van der Waals surface area contributed by atoms with Gasteiger partial charge in [0, 0.05) is 32.1 Å². The largest absolute Gasteiger partial charge is 0.463 e. The van der Waals surface area contributed by atoms with Crippen LogP contribution < -0.4 is 15.7 Å². The van der Waals surface area contributed by atoms with Crippen LogP contribution in [0.3, 0.4) is 0 Å². The zero-order valence-corrected chi connectivity index (χ0v) is 20.3. The number of carbonyl (C=O) groups is 1. The van der Waals surface area contributed by atoms with Crippen molar-refractivity contribution in [1.82, 2.24) is 19.2 Å². The molecule has 1 atom stereocenters. The quantitative estimate of drug-likeness (QED) is 0.435. The van der Waals surface area contributed by atoms with Crippen molar-refractivity contribution in [1.29, 1.82) is 0 Å². The molecule has 5 rings (SSSR count). The Hall–Kier alpha value is -4.22. The van der Waals surface area contributed by atoms with Gasteiger partial charge in [-0.05, 0) is 24.6 Å². The minimum absolute atomic E-state index is 0.0602. The van der Waals surface area contributed by atoms with E-state index in [1.807, 2.05) is 0 Å². The van der Waals surface area contributed by atoms with Gasteiger partial charge in [0.1, 0.15) is 12.8 Å². The molecule has 1 aliphatic heterocycles. The lowest BCUT2D eigenvalue weighted by atomic mass is 10.1. The van der Waals surface area contributed by atoms with Gasteiger partial charge in [-0.3, -0.25) is 9.59 Å². The number of aryl methyl sites for hydroxylation is 1. The van der Waals surface area contributed by atoms with Gasteiger partial charge in [0.2, 0.25) is 5.95 Å². The SMILES string of the molecule is COn1c(NC(C)c2ccc(C(F)(F)F)cc2)nc2c(c1=O)CN(C(=O)c1cc3occc3n1C)CC2. The third kappa shape index (κ3) is 4.32. The summed E-state index contributed by atoms with van der Waals surface area (Å²) in [6.45, 7) is 2.16. The van der Waals surface area contributed by atoms with Crippen molar-refractivity contribution in [3.05, 3.63) is 81.1 Å². The average molecular weight is 515 g/mol. The number of hydrogen-bond donors (Lipinski definition) is 1. The topological polar surface area (TPSA) is 94.5 Å². The molecule has 0 saturated heterocycles. The van der Waals surface area contributed by atoms with Crippen LogP contribution in [0.2, 0.25) is 0 Å². The summed E-state index contributed by atoms with van der Waals surface area (Å²) in [4.78, 5) is 38.0. The molecule has 0 spiro atoms. The second-order valence-electron chi connectivity index (χ2n) is 8.86. The normalized spacial score (nSPS) is 14.5. The van der Waals surface area contributed by atoms with Gasteiger partial charge >= 0.3 is 6.18 Å². The number of fused-ring (bicyclic) bond motifs is 2. The van der Waals surface area contributed by atoms with Crippen molar-refractivity contribution in [2.45, 2.75) is 32.1 Å². The number of furan rings is 1. The van der Waals surface area contributed by atoms with Crippen LogP contribution in [-0.2, 0) is 26.2 Å². The molecule has 0 saturated carbocycles. The molecule has 4 aromatic rings. The van der Waals surface area contributed by atoms with E-state index in [4.69, 9.17) is 9.25 Å². The van der Waals surface area contributed by atoms with Crippen LogP contribution in [0.15, 0.2) is 51.9 Å². The van der Waals surface area contributed by atoms with Crippen LogP contribution in [-0.4, -0.2) is 38.7 Å². The van der Waals surface area contributed by atoms with Crippen molar-refractivity contribution in [2.75, 3.05) is 19.0 Å². The molecule has 0 aliphatic carbocycles. The number of carbonyl (C=O) groups excluding carboxylic acids is 1. The third-order valence-electron chi connectivity index (χ3n) is 6.63. The van der Waals surface area contributed by atoms with E-state index in [1.165, 1.54) is 19.2 Å². The molecule has 0 fully saturated rings. The Labute approximate surface area is 209 Å². The Morgan fingerprint density at radius 2 is 1.95 bits per heavy atom. The number of benzene rings is 1. The van der Waals surface area contributed by atoms with Crippen LogP contribution in [0.25, 0.3) is 11.1 Å². The van der Waals surface area contributed by atoms with Crippen LogP contribution in [0, 0.1) is 0 Å². The first-order chi connectivity index (χ1) is 17.6. The lowest BCUT2D eigenvalue weighted by molar-refractivity contribution is -0.137. The van der Waals surface area contributed by atoms with E-state index in [2.05, 4.69) is 10.3 Å². The Kier molecular flexibility index (Phi) is 5.97. The fourth-order valence-corrected chi connectivity index (χ4v) is 4.55. The van der Waals surface area contributed by atoms with Crippen molar-refractivity contribution in [3.8, 4) is 0 Å². The van der Waals surface area contributed by atoms with E-state index in [9.17, 15) is 22.8 Å². The summed E-state index contributed by atoms with van der Waals surface area (Å²) >= 11 is 0. The zero-order valence-electron chi connectivity index (χ0n) is 20.3. The Balaban J connectivity index is 1.39. The number of aromatic nitrogens is 3. The second kappa shape index (κ2) is 9.02. The molecule has 194 valence electrons. The number of nitrogens with zero attached hydrogens (tertiary/aromatic N) is 4. The highest BCUT2D eigenvalue weighted by molar-refractivity contribution is 5.97. The van der Waals surface area contributed by atoms with Gasteiger partial charge in [-0.1, -0.05) is 12.1 Å². The summed E-state index contributed by atoms with van der Waals surface area (Å²) in [5.74, 6) is -0.109. The number of nitrogens with one attached hydrogen (secondary N) is 1. The number of amides is 1. The van der Waals surface area contributed by atoms with Crippen molar-refractivity contribution < 1.29 is 27.2 Å². The van der Waals surface area contributed by atoms with Gasteiger partial charge in [-0.15, -0.1) is 4.73 Å². The molecule has 9 nitrogen and oxygen atoms in total. The molecule has 1 aliphatic rings. The first-order valence-electron chi connectivity index (χ1n) is 11.5. The van der Waals surface area contributed by atoms with Gasteiger partial charge in [0.05, 0.1) is 41.2 Å². The van der Waals surface area contributed by atoms with Gasteiger partial charge in [0.15, 0.2) is 5.58 Å². The first kappa shape index (κ1) is 24.5. The van der Waals surface area contributed by atoms with E-state index < -0.39 is 23.3 Å². The van der Waals surface area contributed by atoms with Crippen LogP contribution in [0.1, 0.15) is 45.8 Å². The summed E-state index contributed by atoms with van der Waals surface area (Å²) in [7, 11) is 3.09. The fourth-order valence-electron chi connectivity index (χ4n) is 4.55. The minimum atomic E-state index is -4.42. The van der Waals surface area contributed by atoms with Crippen molar-refractivity contribution >= 4 is 23.0 Å². The van der Waals surface area contributed by atoms with E-state index in [-0.39, 0.29) is 18.4 Å². The van der Waals surface area contributed by atoms with Gasteiger partial charge in [-0.2, -0.15) is 13.2 Å². The van der Waals surface area contributed by atoms with Crippen LogP contribution >= 0.6 is 0 Å².